The predicted molar refractivity (Wildman–Crippen MR) is 109 cm³/mol. The Morgan fingerprint density at radius 3 is 2.45 bits per heavy atom. The summed E-state index contributed by atoms with van der Waals surface area (Å²) in [4.78, 5) is 12.1. The molecular formula is C22H26N2O5. The molecule has 0 bridgehead atoms. The zero-order valence-corrected chi connectivity index (χ0v) is 16.6. The number of nitrogens with one attached hydrogen (secondary N) is 1. The number of hydrogen-bond acceptors (Lipinski definition) is 6. The highest BCUT2D eigenvalue weighted by molar-refractivity contribution is 5.81. The zero-order chi connectivity index (χ0) is 21.2. The van der Waals surface area contributed by atoms with Crippen molar-refractivity contribution in [1.29, 1.82) is 5.26 Å². The predicted octanol–water partition coefficient (Wildman–Crippen LogP) is 3.52. The van der Waals surface area contributed by atoms with E-state index < -0.39 is 12.0 Å². The average Bonchev–Trinajstić information content (AvgIpc) is 2.72. The summed E-state index contributed by atoms with van der Waals surface area (Å²) < 4.78 is 11.4. The number of nitrogens with zero attached hydrogens (tertiary/aromatic N) is 1. The zero-order valence-electron chi connectivity index (χ0n) is 16.6. The van der Waals surface area contributed by atoms with Gasteiger partial charge in [0.15, 0.2) is 6.04 Å². The van der Waals surface area contributed by atoms with E-state index in [4.69, 9.17) is 19.8 Å². The molecule has 154 valence electrons. The molecule has 0 spiro atoms. The standard InChI is InChI=1S/C22H26N2O5/c1-3-5-16-12-20(29-11-10-25)18(13-19(16)28-4-2)21(22(26)27)24-17-8-6-15(14-23)7-9-17/h6-9,12-13,21,24-25H,3-5,10-11H2,1-2H3,(H,26,27). The van der Waals surface area contributed by atoms with Gasteiger partial charge in [-0.3, -0.25) is 0 Å². The maximum Gasteiger partial charge on any atom is 0.330 e. The number of nitriles is 1. The Morgan fingerprint density at radius 2 is 1.90 bits per heavy atom. The molecule has 0 saturated heterocycles. The summed E-state index contributed by atoms with van der Waals surface area (Å²) in [7, 11) is 0. The normalized spacial score (nSPS) is 11.4. The number of aliphatic hydroxyl groups excluding tert-OH is 1. The van der Waals surface area contributed by atoms with Gasteiger partial charge >= 0.3 is 5.97 Å². The Bertz CT molecular complexity index is 859. The van der Waals surface area contributed by atoms with Crippen LogP contribution in [0.5, 0.6) is 11.5 Å². The Labute approximate surface area is 170 Å². The third kappa shape index (κ3) is 5.87. The minimum absolute atomic E-state index is 0.0513. The van der Waals surface area contributed by atoms with E-state index in [0.717, 1.165) is 18.4 Å². The fourth-order valence-electron chi connectivity index (χ4n) is 2.96. The van der Waals surface area contributed by atoms with Gasteiger partial charge in [-0.15, -0.1) is 0 Å². The number of carboxylic acids is 1. The van der Waals surface area contributed by atoms with Gasteiger partial charge in [0.05, 0.1) is 24.8 Å². The van der Waals surface area contributed by atoms with Crippen molar-refractivity contribution < 1.29 is 24.5 Å². The molecule has 7 nitrogen and oxygen atoms in total. The van der Waals surface area contributed by atoms with Gasteiger partial charge in [-0.1, -0.05) is 13.3 Å². The SMILES string of the molecule is CCCc1cc(OCCO)c(C(Nc2ccc(C#N)cc2)C(=O)O)cc1OCC. The first-order chi connectivity index (χ1) is 14.0. The molecule has 1 unspecified atom stereocenters. The number of aliphatic hydroxyl groups is 1. The monoisotopic (exact) mass is 398 g/mol. The molecule has 2 aromatic carbocycles. The van der Waals surface area contributed by atoms with E-state index in [1.807, 2.05) is 19.9 Å². The van der Waals surface area contributed by atoms with Crippen LogP contribution in [0.2, 0.25) is 0 Å². The van der Waals surface area contributed by atoms with E-state index in [1.165, 1.54) is 0 Å². The first kappa shape index (κ1) is 22.1. The van der Waals surface area contributed by atoms with Crippen LogP contribution in [-0.2, 0) is 11.2 Å². The number of hydrogen-bond donors (Lipinski definition) is 3. The molecule has 2 aromatic rings. The molecule has 7 heteroatoms. The number of ether oxygens (including phenoxy) is 2. The second-order valence-corrected chi connectivity index (χ2v) is 6.36. The molecule has 0 heterocycles. The molecule has 0 aliphatic rings. The molecule has 0 aliphatic carbocycles. The molecule has 0 radical (unpaired) electrons. The number of aliphatic carboxylic acids is 1. The highest BCUT2D eigenvalue weighted by Gasteiger charge is 2.26. The first-order valence-electron chi connectivity index (χ1n) is 9.56. The lowest BCUT2D eigenvalue weighted by Crippen LogP contribution is -2.22. The van der Waals surface area contributed by atoms with Crippen LogP contribution in [0.15, 0.2) is 36.4 Å². The van der Waals surface area contributed by atoms with E-state index in [-0.39, 0.29) is 13.2 Å². The van der Waals surface area contributed by atoms with E-state index >= 15 is 0 Å². The average molecular weight is 398 g/mol. The highest BCUT2D eigenvalue weighted by Crippen LogP contribution is 2.35. The van der Waals surface area contributed by atoms with Crippen LogP contribution in [0.3, 0.4) is 0 Å². The smallest absolute Gasteiger partial charge is 0.330 e. The molecule has 0 aliphatic heterocycles. The summed E-state index contributed by atoms with van der Waals surface area (Å²) in [5, 5.41) is 30.9. The van der Waals surface area contributed by atoms with Gasteiger partial charge in [0.2, 0.25) is 0 Å². The van der Waals surface area contributed by atoms with Gasteiger partial charge in [-0.25, -0.2) is 4.79 Å². The van der Waals surface area contributed by atoms with E-state index in [2.05, 4.69) is 5.32 Å². The number of benzene rings is 2. The fourth-order valence-corrected chi connectivity index (χ4v) is 2.96. The van der Waals surface area contributed by atoms with Crippen molar-refractivity contribution in [1.82, 2.24) is 0 Å². The van der Waals surface area contributed by atoms with Crippen LogP contribution in [0, 0.1) is 11.3 Å². The number of aryl methyl sites for hydroxylation is 1. The maximum atomic E-state index is 12.1. The van der Waals surface area contributed by atoms with E-state index in [1.54, 1.807) is 36.4 Å². The van der Waals surface area contributed by atoms with Gasteiger partial charge in [0.25, 0.3) is 0 Å². The molecule has 0 fully saturated rings. The molecule has 2 rings (SSSR count). The third-order valence-electron chi connectivity index (χ3n) is 4.24. The van der Waals surface area contributed by atoms with Gasteiger partial charge in [-0.2, -0.15) is 5.26 Å². The van der Waals surface area contributed by atoms with Crippen molar-refractivity contribution >= 4 is 11.7 Å². The third-order valence-corrected chi connectivity index (χ3v) is 4.24. The quantitative estimate of drug-likeness (QED) is 0.531. The lowest BCUT2D eigenvalue weighted by molar-refractivity contribution is -0.138. The topological polar surface area (TPSA) is 112 Å². The number of carboxylic acid groups (broad SMARTS) is 1. The minimum atomic E-state index is -1.11. The van der Waals surface area contributed by atoms with Gasteiger partial charge in [0.1, 0.15) is 18.1 Å². The number of anilines is 1. The Hall–Kier alpha value is -3.24. The molecule has 3 N–H and O–H groups in total. The Kier molecular flexibility index (Phi) is 8.31. The van der Waals surface area contributed by atoms with Gasteiger partial charge in [-0.05, 0) is 55.3 Å². The lowest BCUT2D eigenvalue weighted by atomic mass is 9.99. The summed E-state index contributed by atoms with van der Waals surface area (Å²) in [5.74, 6) is -0.0815. The Balaban J connectivity index is 2.49. The minimum Gasteiger partial charge on any atom is -0.494 e. The summed E-state index contributed by atoms with van der Waals surface area (Å²) in [5.41, 5.74) is 2.37. The van der Waals surface area contributed by atoms with Crippen LogP contribution in [-0.4, -0.2) is 36.0 Å². The summed E-state index contributed by atoms with van der Waals surface area (Å²) >= 11 is 0. The molecule has 0 aromatic heterocycles. The van der Waals surface area contributed by atoms with Crippen molar-refractivity contribution in [3.63, 3.8) is 0 Å². The van der Waals surface area contributed by atoms with Crippen molar-refractivity contribution in [2.75, 3.05) is 25.1 Å². The van der Waals surface area contributed by atoms with Crippen molar-refractivity contribution in [3.8, 4) is 17.6 Å². The largest absolute Gasteiger partial charge is 0.494 e. The second kappa shape index (κ2) is 10.9. The Morgan fingerprint density at radius 1 is 1.17 bits per heavy atom. The molecular weight excluding hydrogens is 372 g/mol. The molecule has 0 amide bonds. The first-order valence-corrected chi connectivity index (χ1v) is 9.56. The number of carbonyl (C=O) groups is 1. The second-order valence-electron chi connectivity index (χ2n) is 6.36. The maximum absolute atomic E-state index is 12.1. The van der Waals surface area contributed by atoms with Crippen LogP contribution in [0.4, 0.5) is 5.69 Å². The molecule has 29 heavy (non-hydrogen) atoms. The van der Waals surface area contributed by atoms with Gasteiger partial charge in [0, 0.05) is 11.3 Å². The summed E-state index contributed by atoms with van der Waals surface area (Å²) in [6.07, 6.45) is 1.65. The van der Waals surface area contributed by atoms with Crippen molar-refractivity contribution in [3.05, 3.63) is 53.1 Å². The van der Waals surface area contributed by atoms with Crippen LogP contribution in [0.1, 0.15) is 43.0 Å². The van der Waals surface area contributed by atoms with E-state index in [9.17, 15) is 9.90 Å². The summed E-state index contributed by atoms with van der Waals surface area (Å²) in [6.45, 7) is 4.24. The lowest BCUT2D eigenvalue weighted by Gasteiger charge is -2.22. The molecule has 1 atom stereocenters. The highest BCUT2D eigenvalue weighted by atomic mass is 16.5. The number of rotatable bonds is 11. The fraction of sp³-hybridized carbons (Fsp3) is 0.364. The van der Waals surface area contributed by atoms with Crippen LogP contribution in [0.25, 0.3) is 0 Å². The van der Waals surface area contributed by atoms with Crippen molar-refractivity contribution in [2.45, 2.75) is 32.7 Å². The van der Waals surface area contributed by atoms with Crippen LogP contribution < -0.4 is 14.8 Å². The van der Waals surface area contributed by atoms with E-state index in [0.29, 0.717) is 34.9 Å². The van der Waals surface area contributed by atoms with Crippen LogP contribution >= 0.6 is 0 Å². The van der Waals surface area contributed by atoms with Crippen molar-refractivity contribution in [2.24, 2.45) is 0 Å². The van der Waals surface area contributed by atoms with Gasteiger partial charge < -0.3 is 25.0 Å². The summed E-state index contributed by atoms with van der Waals surface area (Å²) in [6, 6.07) is 10.9. The molecule has 0 saturated carbocycles.